The minimum atomic E-state index is -1.66. The number of aliphatic carboxylic acids is 1. The Labute approximate surface area is 483 Å². The highest BCUT2D eigenvalue weighted by atomic mass is 16.4. The van der Waals surface area contributed by atoms with Crippen molar-refractivity contribution in [1.82, 2.24) is 46.6 Å². The Balaban J connectivity index is 1.29. The molecule has 0 spiro atoms. The zero-order chi connectivity index (χ0) is 60.8. The fraction of sp³-hybridized carbons (Fsp3) is 0.534. The van der Waals surface area contributed by atoms with Gasteiger partial charge in [0.1, 0.15) is 48.3 Å². The third kappa shape index (κ3) is 18.9. The third-order valence-electron chi connectivity index (χ3n) is 15.2. The van der Waals surface area contributed by atoms with Gasteiger partial charge in [-0.05, 0) is 92.1 Å². The molecule has 83 heavy (non-hydrogen) atoms. The number of aliphatic imine (C=N–C) groups is 1. The highest BCUT2D eigenvalue weighted by molar-refractivity contribution is 5.98. The van der Waals surface area contributed by atoms with Crippen molar-refractivity contribution < 1.29 is 58.2 Å². The van der Waals surface area contributed by atoms with Gasteiger partial charge in [-0.3, -0.25) is 48.1 Å². The molecular weight excluding hydrogens is 1070 g/mol. The highest BCUT2D eigenvalue weighted by Crippen LogP contribution is 2.27. The number of carbonyl (C=O) groups excluding carboxylic acids is 9. The van der Waals surface area contributed by atoms with Gasteiger partial charge in [0.05, 0.1) is 13.2 Å². The maximum atomic E-state index is 14.5. The topological polar surface area (TPSA) is 383 Å². The minimum Gasteiger partial charge on any atom is -0.480 e. The van der Waals surface area contributed by atoms with Crippen LogP contribution in [0.25, 0.3) is 10.8 Å². The Morgan fingerprint density at radius 3 is 1.99 bits per heavy atom. The summed E-state index contributed by atoms with van der Waals surface area (Å²) < 4.78 is 0. The number of likely N-dealkylation sites (N-methyl/N-ethyl adjacent to an activating group) is 1. The van der Waals surface area contributed by atoms with Crippen LogP contribution in [0.3, 0.4) is 0 Å². The van der Waals surface area contributed by atoms with E-state index in [1.54, 1.807) is 56.3 Å². The van der Waals surface area contributed by atoms with Crippen molar-refractivity contribution in [3.05, 3.63) is 83.9 Å². The second kappa shape index (κ2) is 32.4. The number of carbonyl (C=O) groups is 10. The van der Waals surface area contributed by atoms with Crippen molar-refractivity contribution in [2.24, 2.45) is 28.1 Å². The van der Waals surface area contributed by atoms with Crippen LogP contribution in [0.4, 0.5) is 0 Å². The van der Waals surface area contributed by atoms with Crippen LogP contribution in [0.1, 0.15) is 96.1 Å². The number of guanidine groups is 1. The smallest absolute Gasteiger partial charge is 0.326 e. The van der Waals surface area contributed by atoms with Gasteiger partial charge in [-0.2, -0.15) is 0 Å². The number of nitrogens with zero attached hydrogens (tertiary/aromatic N) is 4. The van der Waals surface area contributed by atoms with Gasteiger partial charge in [0.2, 0.25) is 53.2 Å². The van der Waals surface area contributed by atoms with Gasteiger partial charge in [-0.1, -0.05) is 93.1 Å². The normalized spacial score (nSPS) is 17.3. The summed E-state index contributed by atoms with van der Waals surface area (Å²) in [5.41, 5.74) is 18.0. The summed E-state index contributed by atoms with van der Waals surface area (Å²) in [5, 5.41) is 38.0. The summed E-state index contributed by atoms with van der Waals surface area (Å²) in [6, 6.07) is 11.8. The summed E-state index contributed by atoms with van der Waals surface area (Å²) in [6.07, 6.45) is 3.47. The Morgan fingerprint density at radius 2 is 1.33 bits per heavy atom. The molecule has 2 aliphatic heterocycles. The van der Waals surface area contributed by atoms with E-state index in [0.717, 1.165) is 15.7 Å². The summed E-state index contributed by atoms with van der Waals surface area (Å²) in [7, 11) is 1.34. The maximum absolute atomic E-state index is 14.5. The molecule has 3 aromatic carbocycles. The summed E-state index contributed by atoms with van der Waals surface area (Å²) >= 11 is 0. The molecular formula is C58H83N13O12. The fourth-order valence-corrected chi connectivity index (χ4v) is 10.4. The molecule has 0 aromatic heterocycles. The number of nitrogens with two attached hydrogens (primary N) is 3. The SMILES string of the molecule is CC[C@H](C)[C@H](NC(=O)[C@@H](Cc1cccc2ccccc12)NC(=O)[C@H](CO)NC(=O)[C@H](Cc1ccccc1)N(C)C(=O)CNC(=O)[C@@H]1CCCN1C(=O)[C@@H]1CCCN1C(=O)[C@H](CCCN=C(N)N)NC(=O)[C@H](CCCCN)NC(C)=O)C(=O)O. The van der Waals surface area contributed by atoms with Crippen LogP contribution in [0.2, 0.25) is 0 Å². The number of benzene rings is 3. The number of likely N-dealkylation sites (tertiary alicyclic amines) is 2. The number of hydrogen-bond acceptors (Lipinski definition) is 13. The van der Waals surface area contributed by atoms with Crippen LogP contribution in [0, 0.1) is 5.92 Å². The van der Waals surface area contributed by atoms with Crippen LogP contribution in [-0.4, -0.2) is 185 Å². The number of rotatable bonds is 31. The van der Waals surface area contributed by atoms with E-state index in [2.05, 4.69) is 36.9 Å². The van der Waals surface area contributed by atoms with Gasteiger partial charge < -0.3 is 74.0 Å². The van der Waals surface area contributed by atoms with Crippen LogP contribution in [-0.2, 0) is 60.8 Å². The average Bonchev–Trinajstić information content (AvgIpc) is 4.15. The first kappa shape index (κ1) is 65.6. The molecule has 0 radical (unpaired) electrons. The largest absolute Gasteiger partial charge is 0.480 e. The number of unbranched alkanes of at least 4 members (excludes halogenated alkanes) is 1. The molecule has 5 rings (SSSR count). The van der Waals surface area contributed by atoms with E-state index in [4.69, 9.17) is 17.2 Å². The number of aliphatic hydroxyl groups excluding tert-OH is 1. The van der Waals surface area contributed by atoms with Crippen molar-refractivity contribution >= 4 is 75.9 Å². The third-order valence-corrected chi connectivity index (χ3v) is 15.2. The first-order valence-electron chi connectivity index (χ1n) is 28.4. The molecule has 2 saturated heterocycles. The lowest BCUT2D eigenvalue weighted by Crippen LogP contribution is -2.60. The second-order valence-electron chi connectivity index (χ2n) is 21.2. The molecule has 2 fully saturated rings. The second-order valence-corrected chi connectivity index (χ2v) is 21.2. The number of hydrogen-bond donors (Lipinski definition) is 11. The standard InChI is InChI=1S/C58H83N13O12/c1-5-35(2)49(57(82)83)68-51(76)43(32-39-21-13-20-38-19-9-10-22-40(38)39)66-52(77)44(34-72)67-54(79)47(31-37-17-7-6-8-18-37)69(4)48(74)33-63-53(78)45-25-15-29-70(45)56(81)46-26-16-30-71(46)55(80)42(24-14-28-62-58(60)61)65-50(75)41(64-36(3)73)23-11-12-27-59/h6-10,13,17-22,35,41-47,49,72H,5,11-12,14-16,23-34,59H2,1-4H3,(H,63,78)(H,64,73)(H,65,75)(H,66,77)(H,67,79)(H,68,76)(H,82,83)(H4,60,61,62)/t35-,41-,42-,43+,44-,45-,46-,47-,49-/m0/s1. The minimum absolute atomic E-state index is 0.0755. The van der Waals surface area contributed by atoms with E-state index < -0.39 is 127 Å². The van der Waals surface area contributed by atoms with E-state index in [-0.39, 0.29) is 70.5 Å². The number of aliphatic hydroxyl groups is 1. The quantitative estimate of drug-likeness (QED) is 0.0216. The van der Waals surface area contributed by atoms with Gasteiger partial charge >= 0.3 is 5.97 Å². The Morgan fingerprint density at radius 1 is 0.711 bits per heavy atom. The van der Waals surface area contributed by atoms with Crippen LogP contribution in [0.15, 0.2) is 77.8 Å². The van der Waals surface area contributed by atoms with Gasteiger partial charge in [0.15, 0.2) is 5.96 Å². The molecule has 0 saturated carbocycles. The molecule has 25 heteroatoms. The molecule has 25 nitrogen and oxygen atoms in total. The average molecular weight is 1150 g/mol. The molecule has 9 atom stereocenters. The molecule has 9 amide bonds. The molecule has 3 aromatic rings. The predicted molar refractivity (Wildman–Crippen MR) is 309 cm³/mol. The Kier molecular flexibility index (Phi) is 25.7. The monoisotopic (exact) mass is 1150 g/mol. The first-order valence-corrected chi connectivity index (χ1v) is 28.4. The molecule has 0 unspecified atom stereocenters. The van der Waals surface area contributed by atoms with Gasteiger partial charge in [0, 0.05) is 46.4 Å². The van der Waals surface area contributed by atoms with Gasteiger partial charge in [-0.15, -0.1) is 0 Å². The molecule has 452 valence electrons. The van der Waals surface area contributed by atoms with Crippen LogP contribution < -0.4 is 49.1 Å². The lowest BCUT2D eigenvalue weighted by Gasteiger charge is -2.33. The fourth-order valence-electron chi connectivity index (χ4n) is 10.4. The molecule has 14 N–H and O–H groups in total. The van der Waals surface area contributed by atoms with Crippen LogP contribution in [0.5, 0.6) is 0 Å². The van der Waals surface area contributed by atoms with Crippen molar-refractivity contribution in [2.45, 2.75) is 146 Å². The molecule has 0 aliphatic carbocycles. The van der Waals surface area contributed by atoms with Gasteiger partial charge in [0.25, 0.3) is 0 Å². The van der Waals surface area contributed by atoms with Crippen LogP contribution >= 0.6 is 0 Å². The number of nitrogens with one attached hydrogen (secondary N) is 6. The zero-order valence-electron chi connectivity index (χ0n) is 47.9. The van der Waals surface area contributed by atoms with Crippen molar-refractivity contribution in [1.29, 1.82) is 0 Å². The van der Waals surface area contributed by atoms with E-state index in [1.165, 1.54) is 23.8 Å². The maximum Gasteiger partial charge on any atom is 0.326 e. The van der Waals surface area contributed by atoms with Gasteiger partial charge in [-0.25, -0.2) is 4.79 Å². The molecule has 2 heterocycles. The van der Waals surface area contributed by atoms with Crippen molar-refractivity contribution in [3.8, 4) is 0 Å². The lowest BCUT2D eigenvalue weighted by atomic mass is 9.96. The zero-order valence-corrected chi connectivity index (χ0v) is 47.9. The molecule has 2 aliphatic rings. The summed E-state index contributed by atoms with van der Waals surface area (Å²) in [4.78, 5) is 145. The summed E-state index contributed by atoms with van der Waals surface area (Å²) in [6.45, 7) is 4.08. The van der Waals surface area contributed by atoms with E-state index in [0.29, 0.717) is 49.8 Å². The first-order chi connectivity index (χ1) is 39.7. The van der Waals surface area contributed by atoms with Crippen molar-refractivity contribution in [3.63, 3.8) is 0 Å². The number of carboxylic acid groups (broad SMARTS) is 1. The van der Waals surface area contributed by atoms with E-state index >= 15 is 0 Å². The number of amides is 9. The molecule has 0 bridgehead atoms. The Hall–Kier alpha value is -8.19. The lowest BCUT2D eigenvalue weighted by molar-refractivity contribution is -0.148. The Bertz CT molecular complexity index is 2770. The number of fused-ring (bicyclic) bond motifs is 1. The number of carboxylic acids is 1. The van der Waals surface area contributed by atoms with Crippen molar-refractivity contribution in [2.75, 3.05) is 46.4 Å². The predicted octanol–water partition coefficient (Wildman–Crippen LogP) is -0.700. The van der Waals surface area contributed by atoms with E-state index in [9.17, 15) is 58.2 Å². The summed E-state index contributed by atoms with van der Waals surface area (Å²) in [5.74, 6) is -7.95. The highest BCUT2D eigenvalue weighted by Gasteiger charge is 2.44. The van der Waals surface area contributed by atoms with E-state index in [1.807, 2.05) is 30.3 Å².